The lowest BCUT2D eigenvalue weighted by Crippen LogP contribution is -2.01. The minimum Gasteiger partial charge on any atom is -0.506 e. The van der Waals surface area contributed by atoms with Gasteiger partial charge in [-0.2, -0.15) is 10.2 Å². The molecule has 2 saturated carbocycles. The van der Waals surface area contributed by atoms with Gasteiger partial charge in [0.25, 0.3) is 0 Å². The van der Waals surface area contributed by atoms with Crippen LogP contribution in [-0.4, -0.2) is 70.9 Å². The smallest absolute Gasteiger partial charge is 0.341 e. The van der Waals surface area contributed by atoms with E-state index in [4.69, 9.17) is 26.2 Å². The summed E-state index contributed by atoms with van der Waals surface area (Å²) < 4.78 is 18.1. The van der Waals surface area contributed by atoms with E-state index in [0.717, 1.165) is 20.9 Å². The quantitative estimate of drug-likeness (QED) is 0.159. The second-order valence-electron chi connectivity index (χ2n) is 10.6. The molecule has 244 valence electrons. The second kappa shape index (κ2) is 14.4. The van der Waals surface area contributed by atoms with Crippen molar-refractivity contribution >= 4 is 57.2 Å². The molecule has 0 aromatic carbocycles. The van der Waals surface area contributed by atoms with Gasteiger partial charge in [-0.05, 0) is 49.9 Å². The second-order valence-corrected chi connectivity index (χ2v) is 13.0. The first kappa shape index (κ1) is 32.3. The van der Waals surface area contributed by atoms with Crippen molar-refractivity contribution in [2.45, 2.75) is 50.0 Å². The van der Waals surface area contributed by atoms with E-state index < -0.39 is 11.9 Å². The highest BCUT2D eigenvalue weighted by atomic mass is 35.5. The number of alkyl halides is 1. The molecule has 0 unspecified atom stereocenters. The molecule has 47 heavy (non-hydrogen) atoms. The molecule has 6 heterocycles. The Morgan fingerprint density at radius 3 is 1.87 bits per heavy atom. The van der Waals surface area contributed by atoms with Crippen molar-refractivity contribution in [3.05, 3.63) is 80.2 Å². The first-order valence-corrected chi connectivity index (χ1v) is 16.7. The summed E-state index contributed by atoms with van der Waals surface area (Å²) in [5.41, 5.74) is 2.09. The molecule has 8 rings (SSSR count). The van der Waals surface area contributed by atoms with Crippen LogP contribution in [-0.2, 0) is 22.0 Å². The van der Waals surface area contributed by atoms with Crippen LogP contribution in [0.3, 0.4) is 0 Å². The van der Waals surface area contributed by atoms with Gasteiger partial charge in [0.1, 0.15) is 44.3 Å². The highest BCUT2D eigenvalue weighted by Crippen LogP contribution is 2.42. The summed E-state index contributed by atoms with van der Waals surface area (Å²) >= 11 is 8.83. The maximum Gasteiger partial charge on any atom is 0.341 e. The van der Waals surface area contributed by atoms with Crippen molar-refractivity contribution in [3.8, 4) is 11.5 Å². The number of carbonyl (C=O) groups excluding carboxylic acids is 2. The van der Waals surface area contributed by atoms with Crippen LogP contribution < -0.4 is 4.74 Å². The van der Waals surface area contributed by atoms with Gasteiger partial charge in [-0.15, -0.1) is 32.0 Å². The SMILES string of the molecule is COC(=O)c1cnn2cc(O)ccc12.COC(=O)c1cnn2cc(OCc3nnc(C4CC4)s3)ccc12.ClCc1nnc(C2CC2)s1. The predicted octanol–water partition coefficient (Wildman–Crippen LogP) is 5.41. The minimum atomic E-state index is -0.439. The van der Waals surface area contributed by atoms with Gasteiger partial charge in [0.15, 0.2) is 5.01 Å². The molecule has 6 aromatic heterocycles. The van der Waals surface area contributed by atoms with Crippen molar-refractivity contribution in [2.24, 2.45) is 0 Å². The van der Waals surface area contributed by atoms with Gasteiger partial charge >= 0.3 is 11.9 Å². The van der Waals surface area contributed by atoms with Crippen LogP contribution in [0.2, 0.25) is 0 Å². The number of fused-ring (bicyclic) bond motifs is 2. The standard InChI is InChI=1S/C15H14N4O3S.C9H8N2O3.C6H7ClN2S/c1-21-15(20)11-6-16-19-7-10(4-5-12(11)19)22-8-13-17-18-14(23-13)9-2-3-9;1-14-9(13)7-4-10-11-5-6(12)2-3-8(7)11;7-3-5-8-9-6(10-5)4-1-2-4/h4-7,9H,2-3,8H2,1H3;2-5,12H,1H3;4H,1-3H2. The zero-order chi connectivity index (χ0) is 32.9. The topological polar surface area (TPSA) is 168 Å². The van der Waals surface area contributed by atoms with E-state index in [2.05, 4.69) is 35.3 Å². The Balaban J connectivity index is 0.000000136. The van der Waals surface area contributed by atoms with E-state index in [9.17, 15) is 9.59 Å². The van der Waals surface area contributed by atoms with E-state index >= 15 is 0 Å². The summed E-state index contributed by atoms with van der Waals surface area (Å²) in [7, 11) is 2.66. The van der Waals surface area contributed by atoms with Crippen molar-refractivity contribution in [3.63, 3.8) is 0 Å². The van der Waals surface area contributed by atoms with E-state index in [1.807, 2.05) is 0 Å². The lowest BCUT2D eigenvalue weighted by molar-refractivity contribution is 0.0594. The van der Waals surface area contributed by atoms with E-state index in [-0.39, 0.29) is 5.75 Å². The summed E-state index contributed by atoms with van der Waals surface area (Å²) in [6.45, 7) is 0.376. The summed E-state index contributed by atoms with van der Waals surface area (Å²) in [5.74, 6) is 1.73. The number of hydrogen-bond acceptors (Lipinski definition) is 14. The molecule has 0 saturated heterocycles. The van der Waals surface area contributed by atoms with E-state index in [1.165, 1.54) is 74.1 Å². The number of pyridine rings is 2. The number of methoxy groups -OCH3 is 2. The highest BCUT2D eigenvalue weighted by molar-refractivity contribution is 7.11. The lowest BCUT2D eigenvalue weighted by atomic mass is 10.2. The zero-order valence-corrected chi connectivity index (χ0v) is 27.7. The summed E-state index contributed by atoms with van der Waals surface area (Å²) in [6.07, 6.45) is 11.0. The molecule has 2 aliphatic carbocycles. The normalized spacial score (nSPS) is 13.8. The third kappa shape index (κ3) is 7.84. The molecule has 17 heteroatoms. The molecule has 2 aliphatic rings. The molecular formula is C30H29ClN8O6S2. The van der Waals surface area contributed by atoms with Crippen molar-refractivity contribution in [2.75, 3.05) is 14.2 Å². The third-order valence-electron chi connectivity index (χ3n) is 7.09. The van der Waals surface area contributed by atoms with Gasteiger partial charge < -0.3 is 19.3 Å². The van der Waals surface area contributed by atoms with Gasteiger partial charge in [0.2, 0.25) is 0 Å². The maximum atomic E-state index is 11.6. The molecule has 0 radical (unpaired) electrons. The molecule has 0 spiro atoms. The third-order valence-corrected chi connectivity index (χ3v) is 9.65. The Kier molecular flexibility index (Phi) is 9.89. The van der Waals surface area contributed by atoms with Crippen molar-refractivity contribution in [1.29, 1.82) is 0 Å². The first-order chi connectivity index (χ1) is 22.9. The molecule has 14 nitrogen and oxygen atoms in total. The van der Waals surface area contributed by atoms with Crippen LogP contribution in [0.5, 0.6) is 11.5 Å². The Hall–Kier alpha value is -4.67. The lowest BCUT2D eigenvalue weighted by Gasteiger charge is -2.04. The first-order valence-electron chi connectivity index (χ1n) is 14.5. The number of nitrogens with zero attached hydrogens (tertiary/aromatic N) is 8. The van der Waals surface area contributed by atoms with Gasteiger partial charge in [0, 0.05) is 11.8 Å². The number of hydrogen-bond donors (Lipinski definition) is 1. The van der Waals surface area contributed by atoms with E-state index in [1.54, 1.807) is 51.6 Å². The molecule has 0 bridgehead atoms. The Morgan fingerprint density at radius 2 is 1.34 bits per heavy atom. The molecule has 0 aliphatic heterocycles. The summed E-state index contributed by atoms with van der Waals surface area (Å²) in [6, 6.07) is 6.68. The van der Waals surface area contributed by atoms with Crippen LogP contribution in [0.4, 0.5) is 0 Å². The number of aromatic hydroxyl groups is 1. The van der Waals surface area contributed by atoms with E-state index in [0.29, 0.717) is 46.3 Å². The van der Waals surface area contributed by atoms with Crippen LogP contribution >= 0.6 is 34.3 Å². The molecule has 1 N–H and O–H groups in total. The van der Waals surface area contributed by atoms with Crippen LogP contribution in [0.1, 0.15) is 78.3 Å². The molecule has 2 fully saturated rings. The largest absolute Gasteiger partial charge is 0.506 e. The number of rotatable bonds is 8. The average Bonchev–Trinajstić information content (AvgIpc) is 3.91. The van der Waals surface area contributed by atoms with Gasteiger partial charge in [-0.3, -0.25) is 0 Å². The molecule has 0 atom stereocenters. The fourth-order valence-corrected chi connectivity index (χ4v) is 6.34. The molecule has 0 amide bonds. The van der Waals surface area contributed by atoms with Crippen LogP contribution in [0, 0.1) is 0 Å². The Labute approximate surface area is 280 Å². The maximum absolute atomic E-state index is 11.6. The number of esters is 2. The fraction of sp³-hybridized carbons (Fsp3) is 0.333. The van der Waals surface area contributed by atoms with Gasteiger partial charge in [-0.25, -0.2) is 18.6 Å². The van der Waals surface area contributed by atoms with Gasteiger partial charge in [0.05, 0.1) is 55.9 Å². The summed E-state index contributed by atoms with van der Waals surface area (Å²) in [5, 5.41) is 37.6. The highest BCUT2D eigenvalue weighted by Gasteiger charge is 2.28. The Bertz CT molecular complexity index is 2020. The summed E-state index contributed by atoms with van der Waals surface area (Å²) in [4.78, 5) is 22.9. The molecule has 6 aromatic rings. The number of aromatic nitrogens is 8. The van der Waals surface area contributed by atoms with Crippen LogP contribution in [0.15, 0.2) is 49.1 Å². The predicted molar refractivity (Wildman–Crippen MR) is 172 cm³/mol. The van der Waals surface area contributed by atoms with Crippen molar-refractivity contribution in [1.82, 2.24) is 39.6 Å². The number of carbonyl (C=O) groups is 2. The van der Waals surface area contributed by atoms with Crippen LogP contribution in [0.25, 0.3) is 11.0 Å². The van der Waals surface area contributed by atoms with Crippen molar-refractivity contribution < 1.29 is 28.9 Å². The Morgan fingerprint density at radius 1 is 0.809 bits per heavy atom. The molecular weight excluding hydrogens is 668 g/mol. The average molecular weight is 697 g/mol. The monoisotopic (exact) mass is 696 g/mol. The van der Waals surface area contributed by atoms with Gasteiger partial charge in [-0.1, -0.05) is 22.7 Å². The fourth-order valence-electron chi connectivity index (χ4n) is 4.34. The number of halogens is 1. The minimum absolute atomic E-state index is 0.0945. The number of ether oxygens (including phenoxy) is 3. The zero-order valence-electron chi connectivity index (χ0n) is 25.3.